The Morgan fingerprint density at radius 3 is 2.68 bits per heavy atom. The molecule has 0 aliphatic heterocycles. The maximum Gasteiger partial charge on any atom is 0.189 e. The molecule has 0 fully saturated rings. The Labute approximate surface area is 117 Å². The van der Waals surface area contributed by atoms with Crippen LogP contribution in [0.5, 0.6) is 0 Å². The maximum atomic E-state index is 5.12. The van der Waals surface area contributed by atoms with E-state index in [1.807, 2.05) is 30.5 Å². The predicted molar refractivity (Wildman–Crippen MR) is 78.3 cm³/mol. The lowest BCUT2D eigenvalue weighted by atomic mass is 10.2. The topological polar surface area (TPSA) is 47.0 Å². The highest BCUT2D eigenvalue weighted by molar-refractivity contribution is 7.98. The number of nitrogens with one attached hydrogen (secondary N) is 1. The number of thioether (sulfide) groups is 1. The third kappa shape index (κ3) is 4.22. The van der Waals surface area contributed by atoms with E-state index in [9.17, 15) is 0 Å². The van der Waals surface area contributed by atoms with Crippen LogP contribution in [0, 0.1) is 0 Å². The number of methoxy groups -OCH3 is 1. The number of aromatic nitrogens is 2. The van der Waals surface area contributed by atoms with E-state index in [0.717, 1.165) is 23.2 Å². The molecule has 0 bridgehead atoms. The second-order valence-corrected chi connectivity index (χ2v) is 4.78. The molecule has 0 aliphatic carbocycles. The zero-order valence-corrected chi connectivity index (χ0v) is 11.9. The van der Waals surface area contributed by atoms with Crippen molar-refractivity contribution in [1.82, 2.24) is 9.97 Å². The normalized spacial score (nSPS) is 10.4. The summed E-state index contributed by atoms with van der Waals surface area (Å²) in [7, 11) is 1.66. The third-order valence-corrected chi connectivity index (χ3v) is 3.10. The Kier molecular flexibility index (Phi) is 5.18. The quantitative estimate of drug-likeness (QED) is 0.649. The van der Waals surface area contributed by atoms with E-state index in [1.165, 1.54) is 17.3 Å². The van der Waals surface area contributed by atoms with Crippen molar-refractivity contribution in [2.75, 3.05) is 18.7 Å². The molecule has 2 rings (SSSR count). The van der Waals surface area contributed by atoms with E-state index in [4.69, 9.17) is 4.74 Å². The highest BCUT2D eigenvalue weighted by atomic mass is 32.2. The number of nitrogens with zero attached hydrogens (tertiary/aromatic N) is 2. The van der Waals surface area contributed by atoms with Crippen molar-refractivity contribution >= 4 is 17.6 Å². The van der Waals surface area contributed by atoms with Gasteiger partial charge < -0.3 is 10.1 Å². The van der Waals surface area contributed by atoms with Gasteiger partial charge in [-0.3, -0.25) is 0 Å². The van der Waals surface area contributed by atoms with Gasteiger partial charge in [0.25, 0.3) is 0 Å². The molecule has 1 aromatic heterocycles. The maximum absolute atomic E-state index is 5.12. The third-order valence-electron chi connectivity index (χ3n) is 2.55. The lowest BCUT2D eigenvalue weighted by Crippen LogP contribution is -2.05. The molecule has 0 unspecified atom stereocenters. The standard InChI is InChI=1S/C14H17N3OS/c1-18-10-12-8-13(17-14(16-12)19-2)15-9-11-6-4-3-5-7-11/h3-8H,9-10H2,1-2H3,(H,15,16,17). The summed E-state index contributed by atoms with van der Waals surface area (Å²) in [4.78, 5) is 8.82. The number of anilines is 1. The summed E-state index contributed by atoms with van der Waals surface area (Å²) in [6.07, 6.45) is 1.97. The highest BCUT2D eigenvalue weighted by Gasteiger charge is 2.04. The summed E-state index contributed by atoms with van der Waals surface area (Å²) in [6.45, 7) is 1.24. The number of hydrogen-bond acceptors (Lipinski definition) is 5. The van der Waals surface area contributed by atoms with Crippen LogP contribution in [-0.2, 0) is 17.9 Å². The Morgan fingerprint density at radius 1 is 1.21 bits per heavy atom. The molecule has 0 radical (unpaired) electrons. The summed E-state index contributed by atoms with van der Waals surface area (Å²) in [5.74, 6) is 0.829. The molecule has 100 valence electrons. The first-order valence-electron chi connectivity index (χ1n) is 6.00. The van der Waals surface area contributed by atoms with Crippen LogP contribution in [0.3, 0.4) is 0 Å². The number of rotatable bonds is 6. The summed E-state index contributed by atoms with van der Waals surface area (Å²) >= 11 is 1.53. The zero-order valence-electron chi connectivity index (χ0n) is 11.1. The summed E-state index contributed by atoms with van der Waals surface area (Å²) in [5, 5.41) is 4.07. The summed E-state index contributed by atoms with van der Waals surface area (Å²) < 4.78 is 5.12. The molecule has 1 heterocycles. The molecule has 1 N–H and O–H groups in total. The van der Waals surface area contributed by atoms with Gasteiger partial charge in [-0.05, 0) is 11.8 Å². The molecule has 1 aromatic carbocycles. The number of ether oxygens (including phenoxy) is 1. The number of hydrogen-bond donors (Lipinski definition) is 1. The molecule has 19 heavy (non-hydrogen) atoms. The van der Waals surface area contributed by atoms with Crippen LogP contribution in [0.4, 0.5) is 5.82 Å². The Hall–Kier alpha value is -1.59. The van der Waals surface area contributed by atoms with Gasteiger partial charge in [-0.15, -0.1) is 0 Å². The Morgan fingerprint density at radius 2 is 2.00 bits per heavy atom. The van der Waals surface area contributed by atoms with E-state index in [0.29, 0.717) is 6.61 Å². The van der Waals surface area contributed by atoms with Crippen LogP contribution in [-0.4, -0.2) is 23.3 Å². The van der Waals surface area contributed by atoms with Crippen molar-refractivity contribution in [3.8, 4) is 0 Å². The van der Waals surface area contributed by atoms with Gasteiger partial charge in [0.15, 0.2) is 5.16 Å². The average molecular weight is 275 g/mol. The van der Waals surface area contributed by atoms with Crippen molar-refractivity contribution in [3.63, 3.8) is 0 Å². The molecule has 0 atom stereocenters. The fraction of sp³-hybridized carbons (Fsp3) is 0.286. The SMILES string of the molecule is COCc1cc(NCc2ccccc2)nc(SC)n1. The number of benzene rings is 1. The van der Waals surface area contributed by atoms with Crippen LogP contribution < -0.4 is 5.32 Å². The van der Waals surface area contributed by atoms with Gasteiger partial charge in [0.05, 0.1) is 12.3 Å². The molecule has 0 saturated heterocycles. The molecule has 5 heteroatoms. The van der Waals surface area contributed by atoms with Gasteiger partial charge >= 0.3 is 0 Å². The molecule has 0 saturated carbocycles. The molecule has 0 spiro atoms. The van der Waals surface area contributed by atoms with Crippen molar-refractivity contribution < 1.29 is 4.74 Å². The fourth-order valence-corrected chi connectivity index (χ4v) is 2.06. The smallest absolute Gasteiger partial charge is 0.189 e. The average Bonchev–Trinajstić information content (AvgIpc) is 2.46. The van der Waals surface area contributed by atoms with Crippen LogP contribution in [0.15, 0.2) is 41.6 Å². The van der Waals surface area contributed by atoms with Crippen molar-refractivity contribution in [3.05, 3.63) is 47.7 Å². The van der Waals surface area contributed by atoms with Crippen molar-refractivity contribution in [2.24, 2.45) is 0 Å². The minimum Gasteiger partial charge on any atom is -0.378 e. The molecular weight excluding hydrogens is 258 g/mol. The first kappa shape index (κ1) is 13.8. The lowest BCUT2D eigenvalue weighted by Gasteiger charge is -2.09. The van der Waals surface area contributed by atoms with Gasteiger partial charge in [0, 0.05) is 19.7 Å². The van der Waals surface area contributed by atoms with Crippen molar-refractivity contribution in [2.45, 2.75) is 18.3 Å². The molecule has 0 aliphatic rings. The summed E-state index contributed by atoms with van der Waals surface area (Å²) in [5.41, 5.74) is 2.11. The molecule has 2 aromatic rings. The van der Waals surface area contributed by atoms with E-state index in [-0.39, 0.29) is 0 Å². The molecule has 0 amide bonds. The van der Waals surface area contributed by atoms with Crippen LogP contribution in [0.2, 0.25) is 0 Å². The Bertz CT molecular complexity index is 519. The fourth-order valence-electron chi connectivity index (χ4n) is 1.67. The second kappa shape index (κ2) is 7.11. The van der Waals surface area contributed by atoms with Gasteiger partial charge in [-0.2, -0.15) is 0 Å². The van der Waals surface area contributed by atoms with E-state index in [2.05, 4.69) is 27.4 Å². The summed E-state index contributed by atoms with van der Waals surface area (Å²) in [6, 6.07) is 12.2. The minimum absolute atomic E-state index is 0.496. The molecular formula is C14H17N3OS. The van der Waals surface area contributed by atoms with Gasteiger partial charge in [0.2, 0.25) is 0 Å². The van der Waals surface area contributed by atoms with Crippen molar-refractivity contribution in [1.29, 1.82) is 0 Å². The van der Waals surface area contributed by atoms with Gasteiger partial charge in [0.1, 0.15) is 5.82 Å². The first-order valence-corrected chi connectivity index (χ1v) is 7.23. The van der Waals surface area contributed by atoms with Crippen LogP contribution in [0.1, 0.15) is 11.3 Å². The van der Waals surface area contributed by atoms with E-state index < -0.39 is 0 Å². The first-order chi connectivity index (χ1) is 9.31. The highest BCUT2D eigenvalue weighted by Crippen LogP contribution is 2.15. The monoisotopic (exact) mass is 275 g/mol. The zero-order chi connectivity index (χ0) is 13.5. The second-order valence-electron chi connectivity index (χ2n) is 4.00. The van der Waals surface area contributed by atoms with E-state index in [1.54, 1.807) is 7.11 Å². The lowest BCUT2D eigenvalue weighted by molar-refractivity contribution is 0.181. The predicted octanol–water partition coefficient (Wildman–Crippen LogP) is 2.96. The largest absolute Gasteiger partial charge is 0.378 e. The molecule has 4 nitrogen and oxygen atoms in total. The van der Waals surface area contributed by atoms with Gasteiger partial charge in [-0.25, -0.2) is 9.97 Å². The van der Waals surface area contributed by atoms with Crippen LogP contribution >= 0.6 is 11.8 Å². The van der Waals surface area contributed by atoms with Crippen LogP contribution in [0.25, 0.3) is 0 Å². The Balaban J connectivity index is 2.08. The van der Waals surface area contributed by atoms with E-state index >= 15 is 0 Å². The van der Waals surface area contributed by atoms with Gasteiger partial charge in [-0.1, -0.05) is 42.1 Å². The minimum atomic E-state index is 0.496.